The minimum absolute atomic E-state index is 0.299. The van der Waals surface area contributed by atoms with Gasteiger partial charge in [0.15, 0.2) is 0 Å². The molecule has 2 aromatic rings. The average molecular weight is 329 g/mol. The Labute approximate surface area is 142 Å². The van der Waals surface area contributed by atoms with Gasteiger partial charge in [0.25, 0.3) is 0 Å². The number of aliphatic hydroxyl groups is 2. The van der Waals surface area contributed by atoms with Gasteiger partial charge in [-0.05, 0) is 48.6 Å². The Kier molecular flexibility index (Phi) is 4.99. The van der Waals surface area contributed by atoms with Gasteiger partial charge in [-0.1, -0.05) is 36.4 Å². The summed E-state index contributed by atoms with van der Waals surface area (Å²) in [6.07, 6.45) is 0.650. The van der Waals surface area contributed by atoms with Crippen molar-refractivity contribution in [3.05, 3.63) is 71.0 Å². The van der Waals surface area contributed by atoms with Gasteiger partial charge in [-0.2, -0.15) is 0 Å². The molecule has 1 aliphatic rings. The highest BCUT2D eigenvalue weighted by Crippen LogP contribution is 2.35. The first-order valence-electron chi connectivity index (χ1n) is 8.42. The summed E-state index contributed by atoms with van der Waals surface area (Å²) in [7, 11) is 0. The van der Waals surface area contributed by atoms with Crippen LogP contribution >= 0.6 is 0 Å². The van der Waals surface area contributed by atoms with Crippen molar-refractivity contribution in [2.75, 3.05) is 19.6 Å². The number of nitrogens with zero attached hydrogens (tertiary/aromatic N) is 1. The number of aliphatic hydroxyl groups excluding tert-OH is 1. The Balaban J connectivity index is 1.61. The number of rotatable bonds is 4. The summed E-state index contributed by atoms with van der Waals surface area (Å²) in [5, 5.41) is 21.3. The van der Waals surface area contributed by atoms with Crippen molar-refractivity contribution >= 4 is 0 Å². The van der Waals surface area contributed by atoms with Crippen LogP contribution in [0.25, 0.3) is 0 Å². The lowest BCUT2D eigenvalue weighted by molar-refractivity contribution is -0.0348. The SMILES string of the molecule is Cc1ccccc1C1(O)CCN(C[C@H](O)c2ccc(F)cc2)CC1. The molecule has 0 unspecified atom stereocenters. The van der Waals surface area contributed by atoms with Crippen molar-refractivity contribution < 1.29 is 14.6 Å². The highest BCUT2D eigenvalue weighted by molar-refractivity contribution is 5.31. The Bertz CT molecular complexity index is 678. The van der Waals surface area contributed by atoms with E-state index in [2.05, 4.69) is 4.90 Å². The Morgan fingerprint density at radius 2 is 1.71 bits per heavy atom. The fourth-order valence-corrected chi connectivity index (χ4v) is 3.50. The van der Waals surface area contributed by atoms with Crippen LogP contribution < -0.4 is 0 Å². The van der Waals surface area contributed by atoms with Gasteiger partial charge < -0.3 is 15.1 Å². The fraction of sp³-hybridized carbons (Fsp3) is 0.400. The summed E-state index contributed by atoms with van der Waals surface area (Å²) < 4.78 is 13.0. The molecule has 0 bridgehead atoms. The lowest BCUT2D eigenvalue weighted by Gasteiger charge is -2.39. The van der Waals surface area contributed by atoms with Crippen LogP contribution in [0.15, 0.2) is 48.5 Å². The first-order valence-corrected chi connectivity index (χ1v) is 8.42. The van der Waals surface area contributed by atoms with E-state index in [1.165, 1.54) is 12.1 Å². The molecule has 0 saturated carbocycles. The number of halogens is 1. The third-order valence-electron chi connectivity index (χ3n) is 5.02. The lowest BCUT2D eigenvalue weighted by Crippen LogP contribution is -2.44. The number of aryl methyl sites for hydroxylation is 1. The van der Waals surface area contributed by atoms with Gasteiger partial charge in [-0.25, -0.2) is 4.39 Å². The van der Waals surface area contributed by atoms with Gasteiger partial charge in [0.05, 0.1) is 11.7 Å². The number of hydrogen-bond donors (Lipinski definition) is 2. The molecule has 0 radical (unpaired) electrons. The predicted octanol–water partition coefficient (Wildman–Crippen LogP) is 3.15. The van der Waals surface area contributed by atoms with Crippen LogP contribution in [-0.4, -0.2) is 34.7 Å². The van der Waals surface area contributed by atoms with Crippen LogP contribution in [0.4, 0.5) is 4.39 Å². The van der Waals surface area contributed by atoms with Gasteiger partial charge >= 0.3 is 0 Å². The van der Waals surface area contributed by atoms with Crippen molar-refractivity contribution in [1.82, 2.24) is 4.90 Å². The zero-order valence-corrected chi connectivity index (χ0v) is 14.0. The van der Waals surface area contributed by atoms with Crippen LogP contribution in [0.5, 0.6) is 0 Å². The molecule has 2 aromatic carbocycles. The van der Waals surface area contributed by atoms with Crippen LogP contribution in [0, 0.1) is 12.7 Å². The molecule has 1 heterocycles. The maximum Gasteiger partial charge on any atom is 0.123 e. The smallest absolute Gasteiger partial charge is 0.123 e. The molecule has 0 aliphatic carbocycles. The van der Waals surface area contributed by atoms with Gasteiger partial charge in [0, 0.05) is 19.6 Å². The second-order valence-corrected chi connectivity index (χ2v) is 6.71. The molecular formula is C20H24FNO2. The Morgan fingerprint density at radius 3 is 2.33 bits per heavy atom. The molecule has 24 heavy (non-hydrogen) atoms. The van der Waals surface area contributed by atoms with Crippen molar-refractivity contribution in [3.8, 4) is 0 Å². The van der Waals surface area contributed by atoms with Crippen LogP contribution in [0.2, 0.25) is 0 Å². The van der Waals surface area contributed by atoms with E-state index in [-0.39, 0.29) is 5.82 Å². The van der Waals surface area contributed by atoms with E-state index in [0.29, 0.717) is 19.4 Å². The molecule has 4 heteroatoms. The van der Waals surface area contributed by atoms with E-state index in [4.69, 9.17) is 0 Å². The molecule has 1 atom stereocenters. The number of benzene rings is 2. The van der Waals surface area contributed by atoms with Crippen molar-refractivity contribution in [3.63, 3.8) is 0 Å². The maximum atomic E-state index is 13.0. The Morgan fingerprint density at radius 1 is 1.08 bits per heavy atom. The van der Waals surface area contributed by atoms with E-state index in [1.54, 1.807) is 12.1 Å². The molecule has 1 fully saturated rings. The molecular weight excluding hydrogens is 305 g/mol. The topological polar surface area (TPSA) is 43.7 Å². The summed E-state index contributed by atoms with van der Waals surface area (Å²) in [5.41, 5.74) is 2.04. The van der Waals surface area contributed by atoms with Gasteiger partial charge in [-0.3, -0.25) is 0 Å². The van der Waals surface area contributed by atoms with E-state index in [9.17, 15) is 14.6 Å². The summed E-state index contributed by atoms with van der Waals surface area (Å²) in [6.45, 7) is 3.97. The van der Waals surface area contributed by atoms with Crippen molar-refractivity contribution in [2.45, 2.75) is 31.5 Å². The Hall–Kier alpha value is -1.75. The fourth-order valence-electron chi connectivity index (χ4n) is 3.50. The van der Waals surface area contributed by atoms with E-state index >= 15 is 0 Å². The second kappa shape index (κ2) is 7.01. The minimum Gasteiger partial charge on any atom is -0.387 e. The normalized spacial score (nSPS) is 19.2. The summed E-state index contributed by atoms with van der Waals surface area (Å²) in [5.74, 6) is -0.299. The molecule has 128 valence electrons. The molecule has 1 saturated heterocycles. The number of hydrogen-bond acceptors (Lipinski definition) is 3. The van der Waals surface area contributed by atoms with Crippen molar-refractivity contribution in [2.24, 2.45) is 0 Å². The van der Waals surface area contributed by atoms with Gasteiger partial charge in [-0.15, -0.1) is 0 Å². The van der Waals surface area contributed by atoms with Crippen LogP contribution in [-0.2, 0) is 5.60 Å². The number of likely N-dealkylation sites (tertiary alicyclic amines) is 1. The molecule has 3 rings (SSSR count). The highest BCUT2D eigenvalue weighted by atomic mass is 19.1. The first-order chi connectivity index (χ1) is 11.5. The first kappa shape index (κ1) is 17.1. The summed E-state index contributed by atoms with van der Waals surface area (Å²) >= 11 is 0. The molecule has 0 spiro atoms. The van der Waals surface area contributed by atoms with Crippen molar-refractivity contribution in [1.29, 1.82) is 0 Å². The van der Waals surface area contributed by atoms with Gasteiger partial charge in [0.2, 0.25) is 0 Å². The molecule has 3 nitrogen and oxygen atoms in total. The van der Waals surface area contributed by atoms with E-state index in [1.807, 2.05) is 31.2 Å². The van der Waals surface area contributed by atoms with Crippen LogP contribution in [0.1, 0.15) is 35.6 Å². The standard InChI is InChI=1S/C20H24FNO2/c1-15-4-2-3-5-18(15)20(24)10-12-22(13-11-20)14-19(23)16-6-8-17(21)9-7-16/h2-9,19,23-24H,10-14H2,1H3/t19-/m0/s1. The zero-order valence-electron chi connectivity index (χ0n) is 14.0. The second-order valence-electron chi connectivity index (χ2n) is 6.71. The molecule has 0 aromatic heterocycles. The number of β-amino-alcohol motifs (C(OH)–C–C–N with tert-alkyl or cyclic N) is 1. The molecule has 2 N–H and O–H groups in total. The average Bonchev–Trinajstić information content (AvgIpc) is 2.58. The quantitative estimate of drug-likeness (QED) is 0.906. The molecule has 0 amide bonds. The maximum absolute atomic E-state index is 13.0. The lowest BCUT2D eigenvalue weighted by atomic mass is 9.82. The minimum atomic E-state index is -0.789. The summed E-state index contributed by atoms with van der Waals surface area (Å²) in [4.78, 5) is 2.15. The number of piperidine rings is 1. The monoisotopic (exact) mass is 329 g/mol. The zero-order chi connectivity index (χ0) is 17.2. The van der Waals surface area contributed by atoms with Crippen LogP contribution in [0.3, 0.4) is 0 Å². The summed E-state index contributed by atoms with van der Waals surface area (Å²) in [6, 6.07) is 13.9. The largest absolute Gasteiger partial charge is 0.387 e. The molecule has 1 aliphatic heterocycles. The van der Waals surface area contributed by atoms with E-state index in [0.717, 1.165) is 29.8 Å². The predicted molar refractivity (Wildman–Crippen MR) is 92.1 cm³/mol. The van der Waals surface area contributed by atoms with E-state index < -0.39 is 11.7 Å². The third-order valence-corrected chi connectivity index (χ3v) is 5.02. The third kappa shape index (κ3) is 3.66. The van der Waals surface area contributed by atoms with Gasteiger partial charge in [0.1, 0.15) is 5.82 Å². The highest BCUT2D eigenvalue weighted by Gasteiger charge is 2.35.